The molecule has 2 aromatic carbocycles. The summed E-state index contributed by atoms with van der Waals surface area (Å²) in [6.45, 7) is 0. The average Bonchev–Trinajstić information content (AvgIpc) is 2.46. The highest BCUT2D eigenvalue weighted by Crippen LogP contribution is 2.27. The van der Waals surface area contributed by atoms with Gasteiger partial charge in [0.05, 0.1) is 4.47 Å². The molecule has 0 fully saturated rings. The number of likely N-dealkylation sites (N-methyl/N-ethyl adjacent to an activating group) is 1. The van der Waals surface area contributed by atoms with E-state index in [2.05, 4.69) is 21.2 Å². The third-order valence-electron chi connectivity index (χ3n) is 3.42. The Labute approximate surface area is 142 Å². The van der Waals surface area contributed by atoms with Gasteiger partial charge in [0.2, 0.25) is 0 Å². The lowest BCUT2D eigenvalue weighted by Gasteiger charge is -2.19. The Morgan fingerprint density at radius 2 is 1.71 bits per heavy atom. The average molecular weight is 391 g/mol. The molecule has 0 amide bonds. The second-order valence-corrected chi connectivity index (χ2v) is 6.41. The Kier molecular flexibility index (Phi) is 6.06. The standard InChI is InChI=1S/C16H15BrCl2FN/c1-21-11(8-10-4-2-7-15(20)16(10)17)9-12-13(18)5-3-6-14(12)19/h2-7,11,21H,8-9H2,1H3. The van der Waals surface area contributed by atoms with Gasteiger partial charge in [-0.1, -0.05) is 41.4 Å². The van der Waals surface area contributed by atoms with Gasteiger partial charge in [-0.15, -0.1) is 0 Å². The van der Waals surface area contributed by atoms with Gasteiger partial charge in [-0.3, -0.25) is 0 Å². The van der Waals surface area contributed by atoms with E-state index in [1.807, 2.05) is 31.3 Å². The van der Waals surface area contributed by atoms with Crippen LogP contribution in [0.5, 0.6) is 0 Å². The third-order valence-corrected chi connectivity index (χ3v) is 5.01. The van der Waals surface area contributed by atoms with Crippen LogP contribution in [0.1, 0.15) is 11.1 Å². The van der Waals surface area contributed by atoms with Crippen LogP contribution in [0.15, 0.2) is 40.9 Å². The van der Waals surface area contributed by atoms with E-state index in [9.17, 15) is 4.39 Å². The van der Waals surface area contributed by atoms with Crippen molar-refractivity contribution in [2.24, 2.45) is 0 Å². The fourth-order valence-corrected chi connectivity index (χ4v) is 3.20. The van der Waals surface area contributed by atoms with Crippen molar-refractivity contribution in [2.75, 3.05) is 7.05 Å². The molecular formula is C16H15BrCl2FN. The van der Waals surface area contributed by atoms with E-state index >= 15 is 0 Å². The van der Waals surface area contributed by atoms with Gasteiger partial charge >= 0.3 is 0 Å². The van der Waals surface area contributed by atoms with Crippen molar-refractivity contribution in [3.05, 3.63) is 67.9 Å². The first-order valence-corrected chi connectivity index (χ1v) is 8.11. The van der Waals surface area contributed by atoms with Crippen LogP contribution >= 0.6 is 39.1 Å². The molecule has 1 nitrogen and oxygen atoms in total. The van der Waals surface area contributed by atoms with Crippen molar-refractivity contribution in [3.8, 4) is 0 Å². The van der Waals surface area contributed by atoms with E-state index in [0.29, 0.717) is 27.4 Å². The molecule has 1 N–H and O–H groups in total. The third kappa shape index (κ3) is 4.19. The summed E-state index contributed by atoms with van der Waals surface area (Å²) in [7, 11) is 1.88. The lowest BCUT2D eigenvalue weighted by molar-refractivity contribution is 0.551. The van der Waals surface area contributed by atoms with Crippen LogP contribution < -0.4 is 5.32 Å². The number of hydrogen-bond donors (Lipinski definition) is 1. The smallest absolute Gasteiger partial charge is 0.137 e. The maximum Gasteiger partial charge on any atom is 0.137 e. The molecule has 0 aliphatic carbocycles. The van der Waals surface area contributed by atoms with Gasteiger partial charge in [0.15, 0.2) is 0 Å². The molecule has 112 valence electrons. The maximum atomic E-state index is 13.6. The van der Waals surface area contributed by atoms with E-state index in [4.69, 9.17) is 23.2 Å². The molecule has 5 heteroatoms. The molecule has 1 unspecified atom stereocenters. The molecule has 0 saturated carbocycles. The first-order valence-electron chi connectivity index (χ1n) is 6.56. The first kappa shape index (κ1) is 16.8. The van der Waals surface area contributed by atoms with Gasteiger partial charge in [0.25, 0.3) is 0 Å². The Morgan fingerprint density at radius 1 is 1.10 bits per heavy atom. The Balaban J connectivity index is 2.19. The predicted octanol–water partition coefficient (Wildman–Crippen LogP) is 5.27. The highest BCUT2D eigenvalue weighted by molar-refractivity contribution is 9.10. The molecule has 0 aliphatic rings. The van der Waals surface area contributed by atoms with Crippen molar-refractivity contribution in [1.29, 1.82) is 0 Å². The molecule has 1 atom stereocenters. The molecule has 2 rings (SSSR count). The number of hydrogen-bond acceptors (Lipinski definition) is 1. The SMILES string of the molecule is CNC(Cc1cccc(F)c1Br)Cc1c(Cl)cccc1Cl. The van der Waals surface area contributed by atoms with Crippen molar-refractivity contribution in [3.63, 3.8) is 0 Å². The van der Waals surface area contributed by atoms with Gasteiger partial charge in [-0.05, 0) is 65.1 Å². The van der Waals surface area contributed by atoms with Gasteiger partial charge < -0.3 is 5.32 Å². The van der Waals surface area contributed by atoms with Crippen molar-refractivity contribution < 1.29 is 4.39 Å². The minimum absolute atomic E-state index is 0.112. The van der Waals surface area contributed by atoms with Gasteiger partial charge in [-0.25, -0.2) is 4.39 Å². The lowest BCUT2D eigenvalue weighted by Crippen LogP contribution is -2.30. The van der Waals surface area contributed by atoms with E-state index in [0.717, 1.165) is 11.1 Å². The largest absolute Gasteiger partial charge is 0.316 e. The molecule has 0 aromatic heterocycles. The second kappa shape index (κ2) is 7.59. The van der Waals surface area contributed by atoms with Gasteiger partial charge in [0.1, 0.15) is 5.82 Å². The number of benzene rings is 2. The molecule has 0 aliphatic heterocycles. The molecule has 0 radical (unpaired) electrons. The fourth-order valence-electron chi connectivity index (χ4n) is 2.22. The molecular weight excluding hydrogens is 376 g/mol. The first-order chi connectivity index (χ1) is 10.0. The topological polar surface area (TPSA) is 12.0 Å². The number of halogens is 4. The van der Waals surface area contributed by atoms with Crippen LogP contribution in [0.25, 0.3) is 0 Å². The monoisotopic (exact) mass is 389 g/mol. The zero-order chi connectivity index (χ0) is 15.4. The Hall–Kier alpha value is -0.610. The van der Waals surface area contributed by atoms with Crippen LogP contribution in [-0.4, -0.2) is 13.1 Å². The fraction of sp³-hybridized carbons (Fsp3) is 0.250. The zero-order valence-corrected chi connectivity index (χ0v) is 14.6. The summed E-state index contributed by atoms with van der Waals surface area (Å²) in [5.41, 5.74) is 1.82. The van der Waals surface area contributed by atoms with Crippen LogP contribution in [-0.2, 0) is 12.8 Å². The minimum Gasteiger partial charge on any atom is -0.316 e. The quantitative estimate of drug-likeness (QED) is 0.733. The van der Waals surface area contributed by atoms with Crippen molar-refractivity contribution >= 4 is 39.1 Å². The molecule has 0 heterocycles. The van der Waals surface area contributed by atoms with Crippen molar-refractivity contribution in [1.82, 2.24) is 5.32 Å². The van der Waals surface area contributed by atoms with Crippen LogP contribution in [0.2, 0.25) is 10.0 Å². The zero-order valence-electron chi connectivity index (χ0n) is 11.5. The second-order valence-electron chi connectivity index (χ2n) is 4.81. The summed E-state index contributed by atoms with van der Waals surface area (Å²) >= 11 is 15.7. The summed E-state index contributed by atoms with van der Waals surface area (Å²) in [6.07, 6.45) is 1.36. The van der Waals surface area contributed by atoms with Gasteiger partial charge in [0, 0.05) is 16.1 Å². The van der Waals surface area contributed by atoms with E-state index in [-0.39, 0.29) is 11.9 Å². The Bertz CT molecular complexity index is 613. The minimum atomic E-state index is -0.252. The van der Waals surface area contributed by atoms with E-state index in [1.165, 1.54) is 6.07 Å². The number of nitrogens with one attached hydrogen (secondary N) is 1. The molecule has 0 saturated heterocycles. The Morgan fingerprint density at radius 3 is 2.33 bits per heavy atom. The molecule has 21 heavy (non-hydrogen) atoms. The summed E-state index contributed by atoms with van der Waals surface area (Å²) in [5, 5.41) is 4.55. The van der Waals surface area contributed by atoms with Crippen LogP contribution in [0, 0.1) is 5.82 Å². The van der Waals surface area contributed by atoms with Gasteiger partial charge in [-0.2, -0.15) is 0 Å². The molecule has 2 aromatic rings. The summed E-state index contributed by atoms with van der Waals surface area (Å²) in [5.74, 6) is -0.252. The van der Waals surface area contributed by atoms with Crippen LogP contribution in [0.3, 0.4) is 0 Å². The van der Waals surface area contributed by atoms with Crippen LogP contribution in [0.4, 0.5) is 4.39 Å². The predicted molar refractivity (Wildman–Crippen MR) is 90.8 cm³/mol. The van der Waals surface area contributed by atoms with E-state index in [1.54, 1.807) is 6.07 Å². The summed E-state index contributed by atoms with van der Waals surface area (Å²) in [4.78, 5) is 0. The van der Waals surface area contributed by atoms with Crippen molar-refractivity contribution in [2.45, 2.75) is 18.9 Å². The van der Waals surface area contributed by atoms with E-state index < -0.39 is 0 Å². The molecule has 0 spiro atoms. The highest BCUT2D eigenvalue weighted by atomic mass is 79.9. The maximum absolute atomic E-state index is 13.6. The normalized spacial score (nSPS) is 12.4. The highest BCUT2D eigenvalue weighted by Gasteiger charge is 2.15. The summed E-state index contributed by atoms with van der Waals surface area (Å²) in [6, 6.07) is 10.6. The summed E-state index contributed by atoms with van der Waals surface area (Å²) < 4.78 is 14.1. The number of rotatable bonds is 5. The molecule has 0 bridgehead atoms. The lowest BCUT2D eigenvalue weighted by atomic mass is 9.99.